The lowest BCUT2D eigenvalue weighted by Gasteiger charge is -2.23. The highest BCUT2D eigenvalue weighted by atomic mass is 35.5. The van der Waals surface area contributed by atoms with Crippen LogP contribution < -0.4 is 4.74 Å². The van der Waals surface area contributed by atoms with Crippen LogP contribution in [-0.4, -0.2) is 25.2 Å². The molecule has 0 bridgehead atoms. The first-order valence-corrected chi connectivity index (χ1v) is 10.1. The highest BCUT2D eigenvalue weighted by Gasteiger charge is 2.29. The lowest BCUT2D eigenvalue weighted by atomic mass is 9.93. The van der Waals surface area contributed by atoms with Gasteiger partial charge in [0, 0.05) is 10.6 Å². The second kappa shape index (κ2) is 6.74. The predicted molar refractivity (Wildman–Crippen MR) is 95.0 cm³/mol. The average Bonchev–Trinajstić information content (AvgIpc) is 3.09. The maximum Gasteiger partial charge on any atom is 0.234 e. The first-order chi connectivity index (χ1) is 12.5. The molecule has 0 aliphatic carbocycles. The zero-order chi connectivity index (χ0) is 18.1. The molecule has 2 aromatic carbocycles. The van der Waals surface area contributed by atoms with Gasteiger partial charge in [-0.2, -0.15) is 4.98 Å². The van der Waals surface area contributed by atoms with Crippen LogP contribution in [0.25, 0.3) is 0 Å². The molecule has 26 heavy (non-hydrogen) atoms. The smallest absolute Gasteiger partial charge is 0.234 e. The van der Waals surface area contributed by atoms with Crippen molar-refractivity contribution in [3.05, 3.63) is 70.8 Å². The summed E-state index contributed by atoms with van der Waals surface area (Å²) in [7, 11) is -3.53. The number of rotatable bonds is 4. The molecule has 1 aliphatic heterocycles. The van der Waals surface area contributed by atoms with Crippen LogP contribution in [0.15, 0.2) is 57.9 Å². The summed E-state index contributed by atoms with van der Waals surface area (Å²) >= 11 is 6.09. The number of sulfone groups is 1. The Labute approximate surface area is 155 Å². The Morgan fingerprint density at radius 3 is 2.77 bits per heavy atom. The summed E-state index contributed by atoms with van der Waals surface area (Å²) in [6.07, 6.45) is 0.653. The van der Waals surface area contributed by atoms with Crippen molar-refractivity contribution >= 4 is 21.4 Å². The molecule has 1 unspecified atom stereocenters. The fourth-order valence-electron chi connectivity index (χ4n) is 2.97. The van der Waals surface area contributed by atoms with Crippen molar-refractivity contribution in [3.63, 3.8) is 0 Å². The van der Waals surface area contributed by atoms with Gasteiger partial charge in [0.05, 0.1) is 17.4 Å². The molecule has 1 aliphatic rings. The van der Waals surface area contributed by atoms with Crippen LogP contribution in [0.2, 0.25) is 5.02 Å². The monoisotopic (exact) mass is 390 g/mol. The van der Waals surface area contributed by atoms with E-state index in [9.17, 15) is 8.42 Å². The molecule has 0 spiro atoms. The number of aromatic nitrogens is 2. The lowest BCUT2D eigenvalue weighted by Crippen LogP contribution is -2.15. The maximum absolute atomic E-state index is 12.5. The van der Waals surface area contributed by atoms with E-state index in [2.05, 4.69) is 10.1 Å². The van der Waals surface area contributed by atoms with E-state index in [-0.39, 0.29) is 22.4 Å². The van der Waals surface area contributed by atoms with Crippen LogP contribution in [0, 0.1) is 0 Å². The third-order valence-corrected chi connectivity index (χ3v) is 6.08. The number of ether oxygens (including phenoxy) is 1. The van der Waals surface area contributed by atoms with Gasteiger partial charge >= 0.3 is 0 Å². The summed E-state index contributed by atoms with van der Waals surface area (Å²) in [6.45, 7) is 0.513. The molecule has 0 saturated carbocycles. The number of nitrogens with zero attached hydrogens (tertiary/aromatic N) is 2. The first kappa shape index (κ1) is 17.1. The summed E-state index contributed by atoms with van der Waals surface area (Å²) in [5, 5.41) is 4.45. The van der Waals surface area contributed by atoms with Gasteiger partial charge in [-0.25, -0.2) is 8.42 Å². The van der Waals surface area contributed by atoms with Gasteiger partial charge in [-0.15, -0.1) is 0 Å². The van der Waals surface area contributed by atoms with Crippen LogP contribution in [0.1, 0.15) is 29.6 Å². The van der Waals surface area contributed by atoms with E-state index in [4.69, 9.17) is 20.9 Å². The number of fused-ring (bicyclic) bond motifs is 1. The Morgan fingerprint density at radius 1 is 1.15 bits per heavy atom. The summed E-state index contributed by atoms with van der Waals surface area (Å²) in [5.41, 5.74) is 0.866. The van der Waals surface area contributed by atoms with Crippen molar-refractivity contribution in [1.29, 1.82) is 0 Å². The number of benzene rings is 2. The first-order valence-electron chi connectivity index (χ1n) is 8.05. The van der Waals surface area contributed by atoms with Crippen molar-refractivity contribution in [2.45, 2.75) is 23.0 Å². The van der Waals surface area contributed by atoms with Crippen LogP contribution >= 0.6 is 11.6 Å². The molecule has 1 atom stereocenters. The lowest BCUT2D eigenvalue weighted by molar-refractivity contribution is 0.256. The topological polar surface area (TPSA) is 82.3 Å². The molecule has 1 aromatic heterocycles. The summed E-state index contributed by atoms with van der Waals surface area (Å²) < 4.78 is 35.9. The van der Waals surface area contributed by atoms with Gasteiger partial charge in [0.1, 0.15) is 11.5 Å². The van der Waals surface area contributed by atoms with Gasteiger partial charge in [0.25, 0.3) is 0 Å². The fourth-order valence-corrected chi connectivity index (χ4v) is 4.35. The molecule has 8 heteroatoms. The van der Waals surface area contributed by atoms with E-state index in [0.29, 0.717) is 23.9 Å². The summed E-state index contributed by atoms with van der Waals surface area (Å²) in [6, 6.07) is 13.6. The summed E-state index contributed by atoms with van der Waals surface area (Å²) in [4.78, 5) is 4.55. The minimum Gasteiger partial charge on any atom is -0.493 e. The molecule has 2 heterocycles. The van der Waals surface area contributed by atoms with E-state index in [1.165, 1.54) is 0 Å². The molecular weight excluding hydrogens is 376 g/mol. The molecule has 4 rings (SSSR count). The van der Waals surface area contributed by atoms with E-state index >= 15 is 0 Å². The van der Waals surface area contributed by atoms with Crippen molar-refractivity contribution in [1.82, 2.24) is 10.1 Å². The van der Waals surface area contributed by atoms with E-state index < -0.39 is 9.84 Å². The highest BCUT2D eigenvalue weighted by molar-refractivity contribution is 7.90. The third kappa shape index (κ3) is 3.32. The Morgan fingerprint density at radius 2 is 1.96 bits per heavy atom. The minimum atomic E-state index is -3.53. The number of halogens is 1. The maximum atomic E-state index is 12.5. The Kier molecular flexibility index (Phi) is 4.42. The van der Waals surface area contributed by atoms with Crippen molar-refractivity contribution in [2.75, 3.05) is 6.61 Å². The van der Waals surface area contributed by atoms with Gasteiger partial charge in [-0.1, -0.05) is 35.0 Å². The van der Waals surface area contributed by atoms with Crippen LogP contribution in [0.5, 0.6) is 5.75 Å². The van der Waals surface area contributed by atoms with E-state index in [0.717, 1.165) is 11.3 Å². The Hall–Kier alpha value is -2.38. The second-order valence-corrected chi connectivity index (χ2v) is 8.42. The quantitative estimate of drug-likeness (QED) is 0.676. The normalized spacial score (nSPS) is 16.7. The number of hydrogen-bond acceptors (Lipinski definition) is 6. The zero-order valence-electron chi connectivity index (χ0n) is 13.6. The van der Waals surface area contributed by atoms with Crippen molar-refractivity contribution < 1.29 is 17.7 Å². The second-order valence-electron chi connectivity index (χ2n) is 5.99. The van der Waals surface area contributed by atoms with E-state index in [1.54, 1.807) is 42.5 Å². The van der Waals surface area contributed by atoms with Crippen LogP contribution in [0.4, 0.5) is 0 Å². The molecule has 0 N–H and O–H groups in total. The molecule has 134 valence electrons. The molecule has 0 fully saturated rings. The van der Waals surface area contributed by atoms with Gasteiger partial charge in [0.2, 0.25) is 5.89 Å². The molecular formula is C18H15ClN2O4S. The Balaban J connectivity index is 1.61. The summed E-state index contributed by atoms with van der Waals surface area (Å²) in [5.74, 6) is 0.751. The molecule has 0 radical (unpaired) electrons. The van der Waals surface area contributed by atoms with Gasteiger partial charge < -0.3 is 9.26 Å². The van der Waals surface area contributed by atoms with Gasteiger partial charge in [-0.3, -0.25) is 0 Å². The fraction of sp³-hybridized carbons (Fsp3) is 0.222. The Bertz CT molecular complexity index is 1030. The van der Waals surface area contributed by atoms with E-state index in [1.807, 2.05) is 6.07 Å². The van der Waals surface area contributed by atoms with Gasteiger partial charge in [0.15, 0.2) is 15.7 Å². The minimum absolute atomic E-state index is 0.138. The van der Waals surface area contributed by atoms with Crippen molar-refractivity contribution in [3.8, 4) is 5.75 Å². The van der Waals surface area contributed by atoms with Crippen LogP contribution in [-0.2, 0) is 15.6 Å². The standard InChI is InChI=1S/C18H15ClN2O4S/c19-12-6-7-16-15(10-12)14(8-9-24-16)18-20-17(21-25-18)11-26(22,23)13-4-2-1-3-5-13/h1-7,10,14H,8-9,11H2. The third-order valence-electron chi connectivity index (χ3n) is 4.21. The van der Waals surface area contributed by atoms with Crippen molar-refractivity contribution in [2.24, 2.45) is 0 Å². The zero-order valence-corrected chi connectivity index (χ0v) is 15.2. The number of hydrogen-bond donors (Lipinski definition) is 0. The SMILES string of the molecule is O=S(=O)(Cc1noc(C2CCOc3ccc(Cl)cc32)n1)c1ccccc1. The molecule has 0 saturated heterocycles. The average molecular weight is 391 g/mol. The van der Waals surface area contributed by atoms with Gasteiger partial charge in [-0.05, 0) is 36.8 Å². The predicted octanol–water partition coefficient (Wildman–Crippen LogP) is 3.61. The molecule has 3 aromatic rings. The molecule has 6 nitrogen and oxygen atoms in total. The molecule has 0 amide bonds. The largest absolute Gasteiger partial charge is 0.493 e. The van der Waals surface area contributed by atoms with Crippen LogP contribution in [0.3, 0.4) is 0 Å². The highest BCUT2D eigenvalue weighted by Crippen LogP contribution is 2.38.